The van der Waals surface area contributed by atoms with Gasteiger partial charge in [-0.3, -0.25) is 9.59 Å². The fourth-order valence-electron chi connectivity index (χ4n) is 4.37. The second-order valence-corrected chi connectivity index (χ2v) is 7.31. The number of amides is 2. The predicted octanol–water partition coefficient (Wildman–Crippen LogP) is 2.96. The molecule has 4 heteroatoms. The summed E-state index contributed by atoms with van der Waals surface area (Å²) >= 11 is 0. The van der Waals surface area contributed by atoms with Crippen LogP contribution >= 0.6 is 0 Å². The molecular weight excluding hydrogens is 276 g/mol. The van der Waals surface area contributed by atoms with E-state index in [0.29, 0.717) is 24.9 Å². The van der Waals surface area contributed by atoms with Gasteiger partial charge in [0, 0.05) is 32.1 Å². The SMILES string of the molecule is O=C(C1CCC(=O)N(C2CCCC2)C1)N1CCCCCCC1. The van der Waals surface area contributed by atoms with E-state index in [9.17, 15) is 9.59 Å². The highest BCUT2D eigenvalue weighted by Crippen LogP contribution is 2.29. The quantitative estimate of drug-likeness (QED) is 0.787. The van der Waals surface area contributed by atoms with E-state index in [1.807, 2.05) is 4.90 Å². The summed E-state index contributed by atoms with van der Waals surface area (Å²) in [6.07, 6.45) is 12.2. The summed E-state index contributed by atoms with van der Waals surface area (Å²) in [7, 11) is 0. The van der Waals surface area contributed by atoms with Crippen LogP contribution in [0.2, 0.25) is 0 Å². The number of likely N-dealkylation sites (tertiary alicyclic amines) is 2. The van der Waals surface area contributed by atoms with Crippen molar-refractivity contribution in [1.29, 1.82) is 0 Å². The Morgan fingerprint density at radius 1 is 0.864 bits per heavy atom. The molecule has 3 rings (SSSR count). The van der Waals surface area contributed by atoms with Gasteiger partial charge < -0.3 is 9.80 Å². The van der Waals surface area contributed by atoms with Gasteiger partial charge in [0.2, 0.25) is 11.8 Å². The van der Waals surface area contributed by atoms with E-state index in [1.54, 1.807) is 0 Å². The van der Waals surface area contributed by atoms with Crippen molar-refractivity contribution < 1.29 is 9.59 Å². The van der Waals surface area contributed by atoms with Crippen LogP contribution in [-0.4, -0.2) is 47.3 Å². The van der Waals surface area contributed by atoms with Crippen molar-refractivity contribution in [3.05, 3.63) is 0 Å². The predicted molar refractivity (Wildman–Crippen MR) is 86.4 cm³/mol. The first-order valence-electron chi connectivity index (χ1n) is 9.34. The summed E-state index contributed by atoms with van der Waals surface area (Å²) in [6, 6.07) is 0.412. The largest absolute Gasteiger partial charge is 0.342 e. The third kappa shape index (κ3) is 3.64. The first kappa shape index (κ1) is 15.8. The van der Waals surface area contributed by atoms with Crippen molar-refractivity contribution >= 4 is 11.8 Å². The van der Waals surface area contributed by atoms with Gasteiger partial charge in [-0.2, -0.15) is 0 Å². The van der Waals surface area contributed by atoms with Gasteiger partial charge in [-0.15, -0.1) is 0 Å². The zero-order valence-electron chi connectivity index (χ0n) is 13.8. The highest BCUT2D eigenvalue weighted by atomic mass is 16.2. The molecule has 0 radical (unpaired) electrons. The van der Waals surface area contributed by atoms with Crippen molar-refractivity contribution in [3.8, 4) is 0 Å². The molecule has 22 heavy (non-hydrogen) atoms. The minimum Gasteiger partial charge on any atom is -0.342 e. The fourth-order valence-corrected chi connectivity index (χ4v) is 4.37. The zero-order valence-corrected chi connectivity index (χ0v) is 13.8. The van der Waals surface area contributed by atoms with Gasteiger partial charge in [0.05, 0.1) is 5.92 Å². The van der Waals surface area contributed by atoms with E-state index in [1.165, 1.54) is 32.1 Å². The lowest BCUT2D eigenvalue weighted by Crippen LogP contribution is -2.50. The highest BCUT2D eigenvalue weighted by molar-refractivity contribution is 5.84. The molecule has 3 aliphatic rings. The van der Waals surface area contributed by atoms with Crippen molar-refractivity contribution in [3.63, 3.8) is 0 Å². The maximum Gasteiger partial charge on any atom is 0.227 e. The van der Waals surface area contributed by atoms with Crippen LogP contribution < -0.4 is 0 Å². The van der Waals surface area contributed by atoms with Crippen LogP contribution in [0.1, 0.15) is 70.6 Å². The first-order valence-corrected chi connectivity index (χ1v) is 9.34. The van der Waals surface area contributed by atoms with Crippen LogP contribution in [-0.2, 0) is 9.59 Å². The molecule has 0 bridgehead atoms. The molecule has 2 saturated heterocycles. The minimum absolute atomic E-state index is 0.0535. The highest BCUT2D eigenvalue weighted by Gasteiger charge is 2.36. The third-order valence-corrected chi connectivity index (χ3v) is 5.73. The topological polar surface area (TPSA) is 40.6 Å². The molecule has 0 spiro atoms. The molecule has 1 saturated carbocycles. The van der Waals surface area contributed by atoms with E-state index in [-0.39, 0.29) is 11.8 Å². The van der Waals surface area contributed by atoms with Crippen LogP contribution in [0.4, 0.5) is 0 Å². The minimum atomic E-state index is 0.0535. The van der Waals surface area contributed by atoms with Gasteiger partial charge in [0.25, 0.3) is 0 Å². The van der Waals surface area contributed by atoms with Gasteiger partial charge in [-0.25, -0.2) is 0 Å². The van der Waals surface area contributed by atoms with Crippen molar-refractivity contribution in [2.45, 2.75) is 76.7 Å². The van der Waals surface area contributed by atoms with E-state index in [0.717, 1.165) is 45.2 Å². The lowest BCUT2D eigenvalue weighted by atomic mass is 9.93. The Kier molecular flexibility index (Phi) is 5.37. The summed E-state index contributed by atoms with van der Waals surface area (Å²) in [5, 5.41) is 0. The van der Waals surface area contributed by atoms with E-state index in [4.69, 9.17) is 0 Å². The molecule has 1 unspecified atom stereocenters. The molecule has 3 fully saturated rings. The molecule has 0 aromatic heterocycles. The van der Waals surface area contributed by atoms with Crippen molar-refractivity contribution in [2.24, 2.45) is 5.92 Å². The Morgan fingerprint density at radius 3 is 2.18 bits per heavy atom. The van der Waals surface area contributed by atoms with E-state index in [2.05, 4.69) is 4.90 Å². The van der Waals surface area contributed by atoms with Gasteiger partial charge in [-0.05, 0) is 32.1 Å². The summed E-state index contributed by atoms with van der Waals surface area (Å²) in [4.78, 5) is 29.2. The second-order valence-electron chi connectivity index (χ2n) is 7.31. The number of rotatable bonds is 2. The van der Waals surface area contributed by atoms with Crippen molar-refractivity contribution in [1.82, 2.24) is 9.80 Å². The number of carbonyl (C=O) groups is 2. The van der Waals surface area contributed by atoms with Crippen LogP contribution in [0, 0.1) is 5.92 Å². The molecular formula is C18H30N2O2. The Balaban J connectivity index is 1.60. The molecule has 2 amide bonds. The van der Waals surface area contributed by atoms with Gasteiger partial charge in [0.15, 0.2) is 0 Å². The lowest BCUT2D eigenvalue weighted by Gasteiger charge is -2.38. The third-order valence-electron chi connectivity index (χ3n) is 5.73. The molecule has 0 aromatic carbocycles. The maximum atomic E-state index is 12.9. The van der Waals surface area contributed by atoms with E-state index < -0.39 is 0 Å². The second kappa shape index (κ2) is 7.47. The molecule has 0 aromatic rings. The molecule has 2 heterocycles. The summed E-state index contributed by atoms with van der Waals surface area (Å²) in [5.41, 5.74) is 0. The number of carbonyl (C=O) groups excluding carboxylic acids is 2. The van der Waals surface area contributed by atoms with Crippen LogP contribution in [0.3, 0.4) is 0 Å². The fraction of sp³-hybridized carbons (Fsp3) is 0.889. The molecule has 0 N–H and O–H groups in total. The van der Waals surface area contributed by atoms with Gasteiger partial charge in [0.1, 0.15) is 0 Å². The number of hydrogen-bond donors (Lipinski definition) is 0. The summed E-state index contributed by atoms with van der Waals surface area (Å²) in [5.74, 6) is 0.652. The van der Waals surface area contributed by atoms with Crippen molar-refractivity contribution in [2.75, 3.05) is 19.6 Å². The smallest absolute Gasteiger partial charge is 0.227 e. The summed E-state index contributed by atoms with van der Waals surface area (Å²) in [6.45, 7) is 2.53. The molecule has 124 valence electrons. The zero-order chi connectivity index (χ0) is 15.4. The average molecular weight is 306 g/mol. The maximum absolute atomic E-state index is 12.9. The lowest BCUT2D eigenvalue weighted by molar-refractivity contribution is -0.145. The van der Waals surface area contributed by atoms with Crippen LogP contribution in [0.5, 0.6) is 0 Å². The molecule has 1 atom stereocenters. The molecule has 4 nitrogen and oxygen atoms in total. The standard InChI is InChI=1S/C18H30N2O2/c21-17-11-10-15(14-20(17)16-8-4-5-9-16)18(22)19-12-6-2-1-3-7-13-19/h15-16H,1-14H2. The number of piperidine rings is 1. The Bertz CT molecular complexity index is 396. The summed E-state index contributed by atoms with van der Waals surface area (Å²) < 4.78 is 0. The molecule has 1 aliphatic carbocycles. The number of nitrogens with zero attached hydrogens (tertiary/aromatic N) is 2. The number of hydrogen-bond acceptors (Lipinski definition) is 2. The monoisotopic (exact) mass is 306 g/mol. The van der Waals surface area contributed by atoms with Crippen LogP contribution in [0.15, 0.2) is 0 Å². The Morgan fingerprint density at radius 2 is 1.50 bits per heavy atom. The Hall–Kier alpha value is -1.06. The van der Waals surface area contributed by atoms with Crippen LogP contribution in [0.25, 0.3) is 0 Å². The Labute approximate surface area is 134 Å². The van der Waals surface area contributed by atoms with Gasteiger partial charge in [-0.1, -0.05) is 32.1 Å². The molecule has 2 aliphatic heterocycles. The average Bonchev–Trinajstić information content (AvgIpc) is 3.01. The normalized spacial score (nSPS) is 28.5. The van der Waals surface area contributed by atoms with Gasteiger partial charge >= 0.3 is 0 Å². The van der Waals surface area contributed by atoms with E-state index >= 15 is 0 Å². The first-order chi connectivity index (χ1) is 10.8.